The summed E-state index contributed by atoms with van der Waals surface area (Å²) in [6.07, 6.45) is 4.52. The van der Waals surface area contributed by atoms with E-state index in [1.165, 1.54) is 18.4 Å². The van der Waals surface area contributed by atoms with Crippen molar-refractivity contribution in [2.24, 2.45) is 11.7 Å². The summed E-state index contributed by atoms with van der Waals surface area (Å²) in [5.41, 5.74) is 8.66. The Bertz CT molecular complexity index is 409. The first kappa shape index (κ1) is 10.4. The van der Waals surface area contributed by atoms with E-state index in [0.717, 1.165) is 24.5 Å². The molecule has 0 saturated heterocycles. The zero-order valence-electron chi connectivity index (χ0n) is 9.18. The Labute approximate surface area is 89.7 Å². The van der Waals surface area contributed by atoms with Crippen LogP contribution in [0.25, 0.3) is 0 Å². The van der Waals surface area contributed by atoms with Gasteiger partial charge < -0.3 is 10.7 Å². The lowest BCUT2D eigenvalue weighted by Crippen LogP contribution is -2.23. The lowest BCUT2D eigenvalue weighted by atomic mass is 9.84. The molecule has 1 heterocycles. The number of aryl methyl sites for hydroxylation is 1. The molecule has 0 radical (unpaired) electrons. The zero-order valence-corrected chi connectivity index (χ0v) is 9.18. The van der Waals surface area contributed by atoms with Crippen molar-refractivity contribution in [3.05, 3.63) is 33.2 Å². The van der Waals surface area contributed by atoms with Gasteiger partial charge in [-0.1, -0.05) is 13.3 Å². The molecule has 0 saturated carbocycles. The maximum Gasteiger partial charge on any atom is 0.252 e. The van der Waals surface area contributed by atoms with Gasteiger partial charge in [0.15, 0.2) is 0 Å². The third-order valence-corrected chi connectivity index (χ3v) is 3.40. The van der Waals surface area contributed by atoms with E-state index in [0.29, 0.717) is 12.1 Å². The summed E-state index contributed by atoms with van der Waals surface area (Å²) in [5.74, 6) is 0.772. The standard InChI is InChI=1S/C12H18N2O/c1-2-8-3-4-11-9(5-8)6-10(7-13)12(15)14-11/h6,8H,2-5,7,13H2,1H3,(H,14,15). The minimum Gasteiger partial charge on any atom is -0.326 e. The Hall–Kier alpha value is -1.09. The van der Waals surface area contributed by atoms with E-state index in [4.69, 9.17) is 5.73 Å². The van der Waals surface area contributed by atoms with Gasteiger partial charge in [0.25, 0.3) is 5.56 Å². The molecule has 0 amide bonds. The molecule has 0 bridgehead atoms. The summed E-state index contributed by atoms with van der Waals surface area (Å²) in [4.78, 5) is 14.5. The summed E-state index contributed by atoms with van der Waals surface area (Å²) < 4.78 is 0. The van der Waals surface area contributed by atoms with E-state index in [2.05, 4.69) is 11.9 Å². The highest BCUT2D eigenvalue weighted by Crippen LogP contribution is 2.25. The molecule has 0 aliphatic heterocycles. The van der Waals surface area contributed by atoms with E-state index in [1.807, 2.05) is 6.07 Å². The van der Waals surface area contributed by atoms with Crippen LogP contribution in [0.4, 0.5) is 0 Å². The van der Waals surface area contributed by atoms with E-state index < -0.39 is 0 Å². The second-order valence-electron chi connectivity index (χ2n) is 4.35. The van der Waals surface area contributed by atoms with Crippen molar-refractivity contribution >= 4 is 0 Å². The van der Waals surface area contributed by atoms with Crippen LogP contribution in [0.3, 0.4) is 0 Å². The Kier molecular flexibility index (Phi) is 2.91. The summed E-state index contributed by atoms with van der Waals surface area (Å²) >= 11 is 0. The van der Waals surface area contributed by atoms with Crippen LogP contribution in [0.5, 0.6) is 0 Å². The van der Waals surface area contributed by atoms with Crippen LogP contribution >= 0.6 is 0 Å². The number of rotatable bonds is 2. The van der Waals surface area contributed by atoms with Gasteiger partial charge in [-0.25, -0.2) is 0 Å². The Morgan fingerprint density at radius 2 is 2.40 bits per heavy atom. The van der Waals surface area contributed by atoms with Gasteiger partial charge in [-0.2, -0.15) is 0 Å². The van der Waals surface area contributed by atoms with E-state index in [1.54, 1.807) is 0 Å². The SMILES string of the molecule is CCC1CCc2[nH]c(=O)c(CN)cc2C1. The molecule has 3 nitrogen and oxygen atoms in total. The second kappa shape index (κ2) is 4.19. The average molecular weight is 206 g/mol. The van der Waals surface area contributed by atoms with Crippen molar-refractivity contribution in [3.8, 4) is 0 Å². The fraction of sp³-hybridized carbons (Fsp3) is 0.583. The molecule has 0 aromatic carbocycles. The zero-order chi connectivity index (χ0) is 10.8. The van der Waals surface area contributed by atoms with E-state index >= 15 is 0 Å². The van der Waals surface area contributed by atoms with Crippen molar-refractivity contribution in [1.29, 1.82) is 0 Å². The molecule has 1 atom stereocenters. The van der Waals surface area contributed by atoms with Gasteiger partial charge in [0, 0.05) is 17.8 Å². The van der Waals surface area contributed by atoms with Crippen molar-refractivity contribution in [2.45, 2.75) is 39.2 Å². The first-order valence-corrected chi connectivity index (χ1v) is 5.68. The number of aromatic amines is 1. The van der Waals surface area contributed by atoms with Crippen molar-refractivity contribution in [1.82, 2.24) is 4.98 Å². The lowest BCUT2D eigenvalue weighted by Gasteiger charge is -2.23. The minimum atomic E-state index is -0.00815. The van der Waals surface area contributed by atoms with Gasteiger partial charge in [-0.3, -0.25) is 4.79 Å². The molecule has 1 aliphatic carbocycles. The Balaban J connectivity index is 2.37. The summed E-state index contributed by atoms with van der Waals surface area (Å²) in [5, 5.41) is 0. The first-order chi connectivity index (χ1) is 7.24. The van der Waals surface area contributed by atoms with E-state index in [9.17, 15) is 4.79 Å². The average Bonchev–Trinajstić information content (AvgIpc) is 2.27. The molecular weight excluding hydrogens is 188 g/mol. The van der Waals surface area contributed by atoms with Gasteiger partial charge in [-0.05, 0) is 36.8 Å². The highest BCUT2D eigenvalue weighted by Gasteiger charge is 2.18. The number of H-pyrrole nitrogens is 1. The van der Waals surface area contributed by atoms with Crippen molar-refractivity contribution in [2.75, 3.05) is 0 Å². The maximum atomic E-state index is 11.5. The van der Waals surface area contributed by atoms with Crippen LogP contribution < -0.4 is 11.3 Å². The topological polar surface area (TPSA) is 58.9 Å². The highest BCUT2D eigenvalue weighted by molar-refractivity contribution is 5.28. The molecule has 3 N–H and O–H groups in total. The molecule has 0 spiro atoms. The monoisotopic (exact) mass is 206 g/mol. The number of hydrogen-bond acceptors (Lipinski definition) is 2. The van der Waals surface area contributed by atoms with Gasteiger partial charge in [0.1, 0.15) is 0 Å². The van der Waals surface area contributed by atoms with Crippen LogP contribution in [0, 0.1) is 5.92 Å². The Morgan fingerprint density at radius 3 is 3.07 bits per heavy atom. The number of nitrogens with one attached hydrogen (secondary N) is 1. The normalized spacial score (nSPS) is 20.0. The minimum absolute atomic E-state index is 0.00815. The molecule has 1 aliphatic rings. The molecule has 1 aromatic rings. The summed E-state index contributed by atoms with van der Waals surface area (Å²) in [7, 11) is 0. The molecule has 3 heteroatoms. The van der Waals surface area contributed by atoms with Gasteiger partial charge in [0.05, 0.1) is 0 Å². The van der Waals surface area contributed by atoms with Crippen LogP contribution in [0.15, 0.2) is 10.9 Å². The third kappa shape index (κ3) is 1.97. The van der Waals surface area contributed by atoms with Gasteiger partial charge >= 0.3 is 0 Å². The molecule has 0 fully saturated rings. The van der Waals surface area contributed by atoms with Gasteiger partial charge in [0.2, 0.25) is 0 Å². The number of fused-ring (bicyclic) bond motifs is 1. The van der Waals surface area contributed by atoms with Crippen molar-refractivity contribution in [3.63, 3.8) is 0 Å². The fourth-order valence-corrected chi connectivity index (χ4v) is 2.33. The molecular formula is C12H18N2O. The van der Waals surface area contributed by atoms with Crippen LogP contribution in [0.2, 0.25) is 0 Å². The number of nitrogens with two attached hydrogens (primary N) is 1. The van der Waals surface area contributed by atoms with Crippen LogP contribution in [-0.4, -0.2) is 4.98 Å². The summed E-state index contributed by atoms with van der Waals surface area (Å²) in [6, 6.07) is 2.00. The number of hydrogen-bond donors (Lipinski definition) is 2. The Morgan fingerprint density at radius 1 is 1.60 bits per heavy atom. The van der Waals surface area contributed by atoms with Crippen LogP contribution in [0.1, 0.15) is 36.6 Å². The van der Waals surface area contributed by atoms with Crippen molar-refractivity contribution < 1.29 is 0 Å². The maximum absolute atomic E-state index is 11.5. The van der Waals surface area contributed by atoms with E-state index in [-0.39, 0.29) is 5.56 Å². The fourth-order valence-electron chi connectivity index (χ4n) is 2.33. The third-order valence-electron chi connectivity index (χ3n) is 3.40. The molecule has 1 aromatic heterocycles. The number of aromatic nitrogens is 1. The predicted octanol–water partition coefficient (Wildman–Crippen LogP) is 1.35. The predicted molar refractivity (Wildman–Crippen MR) is 60.8 cm³/mol. The van der Waals surface area contributed by atoms with Gasteiger partial charge in [-0.15, -0.1) is 0 Å². The first-order valence-electron chi connectivity index (χ1n) is 5.68. The second-order valence-corrected chi connectivity index (χ2v) is 4.35. The summed E-state index contributed by atoms with van der Waals surface area (Å²) in [6.45, 7) is 2.56. The highest BCUT2D eigenvalue weighted by atomic mass is 16.1. The lowest BCUT2D eigenvalue weighted by molar-refractivity contribution is 0.439. The molecule has 82 valence electrons. The van der Waals surface area contributed by atoms with Crippen LogP contribution in [-0.2, 0) is 19.4 Å². The molecule has 2 rings (SSSR count). The molecule has 15 heavy (non-hydrogen) atoms. The number of pyridine rings is 1. The largest absolute Gasteiger partial charge is 0.326 e. The smallest absolute Gasteiger partial charge is 0.252 e. The quantitative estimate of drug-likeness (QED) is 0.767. The molecule has 1 unspecified atom stereocenters.